The Labute approximate surface area is 420 Å². The molecular weight excluding hydrogens is 873 g/mol. The Bertz CT molecular complexity index is 3840. The van der Waals surface area contributed by atoms with E-state index in [0.29, 0.717) is 0 Å². The van der Waals surface area contributed by atoms with Crippen LogP contribution in [0.5, 0.6) is 0 Å². The number of hydrogen-bond donors (Lipinski definition) is 2. The molecule has 0 radical (unpaired) electrons. The fourth-order valence-corrected chi connectivity index (χ4v) is 11.1. The molecule has 1 aliphatic carbocycles. The van der Waals surface area contributed by atoms with Crippen LogP contribution in [0.1, 0.15) is 37.5 Å². The molecule has 0 aliphatic heterocycles. The number of nitrogens with zero attached hydrogens (tertiary/aromatic N) is 2. The summed E-state index contributed by atoms with van der Waals surface area (Å²) in [5.74, 6) is 1.70. The first-order chi connectivity index (χ1) is 35.4. The lowest BCUT2D eigenvalue weighted by Crippen LogP contribution is -2.15. The molecule has 0 atom stereocenters. The predicted molar refractivity (Wildman–Crippen MR) is 300 cm³/mol. The molecule has 72 heavy (non-hydrogen) atoms. The van der Waals surface area contributed by atoms with Gasteiger partial charge in [-0.2, -0.15) is 0 Å². The number of H-pyrrole nitrogens is 2. The van der Waals surface area contributed by atoms with Crippen LogP contribution in [-0.2, 0) is 5.41 Å². The van der Waals surface area contributed by atoms with E-state index in [1.165, 1.54) is 71.6 Å². The normalized spacial score (nSPS) is 13.0. The summed E-state index contributed by atoms with van der Waals surface area (Å²) in [6.45, 7) is 7.07. The van der Waals surface area contributed by atoms with Crippen molar-refractivity contribution in [3.8, 4) is 90.1 Å². The van der Waals surface area contributed by atoms with Gasteiger partial charge in [0.1, 0.15) is 11.6 Å². The molecule has 4 nitrogen and oxygen atoms in total. The van der Waals surface area contributed by atoms with Gasteiger partial charge in [-0.3, -0.25) is 0 Å². The summed E-state index contributed by atoms with van der Waals surface area (Å²) in [5, 5.41) is 4.93. The summed E-state index contributed by atoms with van der Waals surface area (Å²) in [4.78, 5) is 17.8. The number of allylic oxidation sites excluding steroid dienone is 1. The van der Waals surface area contributed by atoms with Gasteiger partial charge in [0.2, 0.25) is 0 Å². The minimum Gasteiger partial charge on any atom is -0.337 e. The van der Waals surface area contributed by atoms with Gasteiger partial charge in [-0.05, 0) is 79.1 Å². The highest BCUT2D eigenvalue weighted by Gasteiger charge is 2.36. The molecule has 0 bridgehead atoms. The zero-order valence-electron chi connectivity index (χ0n) is 40.4. The summed E-state index contributed by atoms with van der Waals surface area (Å²) >= 11 is 0. The Morgan fingerprint density at radius 1 is 0.333 bits per heavy atom. The van der Waals surface area contributed by atoms with Gasteiger partial charge in [0, 0.05) is 38.8 Å². The first-order valence-corrected chi connectivity index (χ1v) is 24.8. The maximum atomic E-state index is 5.21. The van der Waals surface area contributed by atoms with Crippen molar-refractivity contribution in [3.63, 3.8) is 0 Å². The summed E-state index contributed by atoms with van der Waals surface area (Å²) in [6.07, 6.45) is 0. The lowest BCUT2D eigenvalue weighted by molar-refractivity contribution is 0.639. The highest BCUT2D eigenvalue weighted by atomic mass is 14.9. The number of imidazole rings is 2. The molecule has 0 saturated heterocycles. The maximum Gasteiger partial charge on any atom is 0.138 e. The van der Waals surface area contributed by atoms with Crippen molar-refractivity contribution in [2.75, 3.05) is 0 Å². The van der Waals surface area contributed by atoms with Crippen LogP contribution in [0, 0.1) is 0 Å². The monoisotopic (exact) mass is 922 g/mol. The number of fused-ring (bicyclic) bond motifs is 3. The third kappa shape index (κ3) is 7.22. The van der Waals surface area contributed by atoms with Crippen molar-refractivity contribution in [2.24, 2.45) is 0 Å². The number of benzene rings is 10. The van der Waals surface area contributed by atoms with E-state index in [2.05, 4.69) is 255 Å². The quantitative estimate of drug-likeness (QED) is 0.142. The van der Waals surface area contributed by atoms with E-state index in [4.69, 9.17) is 9.97 Å². The van der Waals surface area contributed by atoms with Crippen LogP contribution in [-0.4, -0.2) is 19.9 Å². The van der Waals surface area contributed by atoms with E-state index in [9.17, 15) is 0 Å². The van der Waals surface area contributed by atoms with Crippen LogP contribution < -0.4 is 0 Å². The maximum absolute atomic E-state index is 5.21. The third-order valence-electron chi connectivity index (χ3n) is 15.0. The van der Waals surface area contributed by atoms with Gasteiger partial charge in [0.15, 0.2) is 0 Å². The molecule has 342 valence electrons. The molecule has 2 heterocycles. The zero-order chi connectivity index (χ0) is 48.3. The highest BCUT2D eigenvalue weighted by Crippen LogP contribution is 2.51. The van der Waals surface area contributed by atoms with Crippen LogP contribution in [0.4, 0.5) is 0 Å². The molecule has 13 rings (SSSR count). The molecule has 0 saturated carbocycles. The minimum atomic E-state index is -0.180. The average Bonchev–Trinajstić information content (AvgIpc) is 4.15. The van der Waals surface area contributed by atoms with E-state index in [0.717, 1.165) is 67.8 Å². The number of aromatic nitrogens is 4. The summed E-state index contributed by atoms with van der Waals surface area (Å²) in [7, 11) is 0. The SMILES string of the molecule is CC1=C(c2ccc(-c3nc(-c4ccccc4)c(-c4ccccc4)[nH]3)cc2)c2ccc(-c3c4ccccc4c(-c4ccc(-c5nc(-c6ccccc6)c(-c6ccccc6)[nH]5)cc4)c4ccccc34)cc2C1(C)C. The smallest absolute Gasteiger partial charge is 0.138 e. The molecule has 0 unspecified atom stereocenters. The molecule has 0 fully saturated rings. The van der Waals surface area contributed by atoms with E-state index in [1.54, 1.807) is 0 Å². The molecule has 12 aromatic rings. The Morgan fingerprint density at radius 3 is 1.11 bits per heavy atom. The Morgan fingerprint density at radius 2 is 0.681 bits per heavy atom. The predicted octanol–water partition coefficient (Wildman–Crippen LogP) is 17.9. The topological polar surface area (TPSA) is 57.4 Å². The molecule has 2 aromatic heterocycles. The molecular formula is C68H50N4. The second-order valence-corrected chi connectivity index (χ2v) is 19.5. The van der Waals surface area contributed by atoms with Crippen molar-refractivity contribution in [1.82, 2.24) is 19.9 Å². The average molecular weight is 923 g/mol. The van der Waals surface area contributed by atoms with Gasteiger partial charge in [-0.25, -0.2) is 9.97 Å². The zero-order valence-corrected chi connectivity index (χ0v) is 40.4. The number of aromatic amines is 2. The fraction of sp³-hybridized carbons (Fsp3) is 0.0588. The second-order valence-electron chi connectivity index (χ2n) is 19.5. The van der Waals surface area contributed by atoms with Crippen molar-refractivity contribution in [1.29, 1.82) is 0 Å². The minimum absolute atomic E-state index is 0.180. The van der Waals surface area contributed by atoms with Crippen LogP contribution >= 0.6 is 0 Å². The molecule has 10 aromatic carbocycles. The van der Waals surface area contributed by atoms with E-state index >= 15 is 0 Å². The standard InChI is InChI=1S/C68H50N4/c1-43-59(44-32-36-50(37-33-44)66-69-62(46-20-8-4-9-21-46)63(70-66)47-22-10-5-11-23-47)57-41-40-52(42-58(57)68(43,2)3)61-55-30-18-16-28-53(55)60(54-29-17-19-31-56(54)61)45-34-38-51(39-35-45)67-71-64(48-24-12-6-13-25-48)65(72-67)49-26-14-7-15-27-49/h4-42H,1-3H3,(H,69,70)(H,71,72). The van der Waals surface area contributed by atoms with Crippen LogP contribution in [0.3, 0.4) is 0 Å². The number of hydrogen-bond acceptors (Lipinski definition) is 2. The van der Waals surface area contributed by atoms with Crippen molar-refractivity contribution >= 4 is 27.1 Å². The molecule has 2 N–H and O–H groups in total. The van der Waals surface area contributed by atoms with Gasteiger partial charge in [0.25, 0.3) is 0 Å². The van der Waals surface area contributed by atoms with Crippen LogP contribution in [0.2, 0.25) is 0 Å². The van der Waals surface area contributed by atoms with Crippen LogP contribution in [0.15, 0.2) is 242 Å². The molecule has 0 spiro atoms. The molecule has 0 amide bonds. The third-order valence-corrected chi connectivity index (χ3v) is 15.0. The lowest BCUT2D eigenvalue weighted by Gasteiger charge is -2.24. The summed E-state index contributed by atoms with van der Waals surface area (Å²) in [5.41, 5.74) is 21.6. The van der Waals surface area contributed by atoms with Gasteiger partial charge in [0.05, 0.1) is 22.8 Å². The molecule has 1 aliphatic rings. The summed E-state index contributed by atoms with van der Waals surface area (Å²) in [6, 6.07) is 84.8. The van der Waals surface area contributed by atoms with Gasteiger partial charge in [-0.15, -0.1) is 0 Å². The van der Waals surface area contributed by atoms with Gasteiger partial charge >= 0.3 is 0 Å². The second kappa shape index (κ2) is 17.4. The van der Waals surface area contributed by atoms with E-state index < -0.39 is 0 Å². The van der Waals surface area contributed by atoms with E-state index in [-0.39, 0.29) is 5.41 Å². The first-order valence-electron chi connectivity index (χ1n) is 24.8. The van der Waals surface area contributed by atoms with Gasteiger partial charge < -0.3 is 9.97 Å². The van der Waals surface area contributed by atoms with Crippen molar-refractivity contribution in [2.45, 2.75) is 26.2 Å². The fourth-order valence-electron chi connectivity index (χ4n) is 11.1. The molecule has 4 heteroatoms. The number of rotatable bonds is 9. The van der Waals surface area contributed by atoms with Gasteiger partial charge in [-0.1, -0.05) is 250 Å². The lowest BCUT2D eigenvalue weighted by atomic mass is 9.80. The Balaban J connectivity index is 0.862. The Hall–Kier alpha value is -9.12. The largest absolute Gasteiger partial charge is 0.337 e. The Kier molecular flexibility index (Phi) is 10.4. The first kappa shape index (κ1) is 42.9. The highest BCUT2D eigenvalue weighted by molar-refractivity contribution is 6.21. The number of nitrogens with one attached hydrogen (secondary N) is 2. The van der Waals surface area contributed by atoms with E-state index in [1.807, 2.05) is 12.1 Å². The summed E-state index contributed by atoms with van der Waals surface area (Å²) < 4.78 is 0. The van der Waals surface area contributed by atoms with Crippen LogP contribution in [0.25, 0.3) is 117 Å². The van der Waals surface area contributed by atoms with Crippen molar-refractivity contribution < 1.29 is 0 Å². The van der Waals surface area contributed by atoms with Crippen molar-refractivity contribution in [3.05, 3.63) is 259 Å².